The van der Waals surface area contributed by atoms with E-state index in [1.165, 1.54) is 32.1 Å². The van der Waals surface area contributed by atoms with Crippen molar-refractivity contribution in [3.8, 4) is 11.4 Å². The van der Waals surface area contributed by atoms with E-state index in [0.717, 1.165) is 60.2 Å². The molecule has 4 aromatic rings. The van der Waals surface area contributed by atoms with Gasteiger partial charge in [0.25, 0.3) is 0 Å². The van der Waals surface area contributed by atoms with Gasteiger partial charge in [-0.15, -0.1) is 0 Å². The third-order valence-corrected chi connectivity index (χ3v) is 6.91. The summed E-state index contributed by atoms with van der Waals surface area (Å²) in [5.41, 5.74) is 3.67. The van der Waals surface area contributed by atoms with Crippen molar-refractivity contribution >= 4 is 22.8 Å². The van der Waals surface area contributed by atoms with Crippen LogP contribution in [0.4, 0.5) is 11.6 Å². The second-order valence-corrected chi connectivity index (χ2v) is 9.23. The van der Waals surface area contributed by atoms with E-state index in [1.807, 2.05) is 30.9 Å². The van der Waals surface area contributed by atoms with Crippen LogP contribution in [0.1, 0.15) is 43.7 Å². The van der Waals surface area contributed by atoms with Gasteiger partial charge < -0.3 is 19.5 Å². The van der Waals surface area contributed by atoms with Crippen molar-refractivity contribution in [1.29, 1.82) is 0 Å². The minimum absolute atomic E-state index is 0.435. The molecule has 180 valence electrons. The largest absolute Gasteiger partial charge is 0.378 e. The minimum Gasteiger partial charge on any atom is -0.378 e. The zero-order valence-corrected chi connectivity index (χ0v) is 19.8. The molecule has 1 saturated heterocycles. The average Bonchev–Trinajstić information content (AvgIpc) is 3.38. The molecule has 1 aliphatic heterocycles. The molecule has 9 nitrogen and oxygen atoms in total. The molecular weight excluding hydrogens is 440 g/mol. The molecule has 0 aromatic carbocycles. The molecule has 4 aromatic heterocycles. The van der Waals surface area contributed by atoms with Crippen molar-refractivity contribution in [3.05, 3.63) is 54.7 Å². The molecule has 35 heavy (non-hydrogen) atoms. The lowest BCUT2D eigenvalue weighted by molar-refractivity contribution is 0.122. The number of anilines is 2. The van der Waals surface area contributed by atoms with E-state index >= 15 is 0 Å². The van der Waals surface area contributed by atoms with Crippen LogP contribution in [-0.2, 0) is 11.3 Å². The first-order chi connectivity index (χ1) is 17.3. The van der Waals surface area contributed by atoms with Crippen molar-refractivity contribution in [3.63, 3.8) is 0 Å². The van der Waals surface area contributed by atoms with Crippen molar-refractivity contribution in [2.24, 2.45) is 0 Å². The van der Waals surface area contributed by atoms with Crippen molar-refractivity contribution in [1.82, 2.24) is 29.5 Å². The molecule has 0 unspecified atom stereocenters. The van der Waals surface area contributed by atoms with E-state index in [-0.39, 0.29) is 0 Å². The lowest BCUT2D eigenvalue weighted by Gasteiger charge is -2.27. The summed E-state index contributed by atoms with van der Waals surface area (Å²) in [5, 5.41) is 3.48. The summed E-state index contributed by atoms with van der Waals surface area (Å²) < 4.78 is 7.72. The molecule has 1 aliphatic carbocycles. The predicted octanol–water partition coefficient (Wildman–Crippen LogP) is 4.24. The highest BCUT2D eigenvalue weighted by Crippen LogP contribution is 2.33. The number of ether oxygens (including phenoxy) is 1. The number of aromatic nitrogens is 6. The molecule has 0 atom stereocenters. The van der Waals surface area contributed by atoms with Gasteiger partial charge >= 0.3 is 0 Å². The lowest BCUT2D eigenvalue weighted by atomic mass is 9.95. The third-order valence-electron chi connectivity index (χ3n) is 6.91. The van der Waals surface area contributed by atoms with Crippen molar-refractivity contribution in [2.75, 3.05) is 36.5 Å². The standard InChI is InChI=1S/C26H30N8O/c1-2-6-21(7-3-1)34-18-30-23-25(29-16-19-5-4-10-27-15-19)31-24(32-26(23)34)20-8-9-22(28-17-20)33-11-13-35-14-12-33/h4-5,8-10,15,17-18,21H,1-3,6-7,11-14,16H2,(H,29,31,32). The lowest BCUT2D eigenvalue weighted by Crippen LogP contribution is -2.36. The van der Waals surface area contributed by atoms with Crippen LogP contribution in [0.3, 0.4) is 0 Å². The van der Waals surface area contributed by atoms with Crippen LogP contribution in [0, 0.1) is 0 Å². The van der Waals surface area contributed by atoms with Gasteiger partial charge in [0, 0.05) is 49.8 Å². The third kappa shape index (κ3) is 4.68. The van der Waals surface area contributed by atoms with Crippen LogP contribution in [0.2, 0.25) is 0 Å². The van der Waals surface area contributed by atoms with Crippen LogP contribution in [0.15, 0.2) is 49.2 Å². The Balaban J connectivity index is 1.36. The summed E-state index contributed by atoms with van der Waals surface area (Å²) in [7, 11) is 0. The second kappa shape index (κ2) is 9.95. The molecule has 1 N–H and O–H groups in total. The fourth-order valence-electron chi connectivity index (χ4n) is 4.98. The first-order valence-electron chi connectivity index (χ1n) is 12.5. The Labute approximate surface area is 204 Å². The van der Waals surface area contributed by atoms with Gasteiger partial charge in [0.2, 0.25) is 0 Å². The maximum atomic E-state index is 5.47. The Bertz CT molecular complexity index is 1260. The number of hydrogen-bond acceptors (Lipinski definition) is 8. The topological polar surface area (TPSA) is 93.9 Å². The minimum atomic E-state index is 0.435. The molecule has 9 heteroatoms. The van der Waals surface area contributed by atoms with E-state index < -0.39 is 0 Å². The van der Waals surface area contributed by atoms with Gasteiger partial charge in [0.1, 0.15) is 11.3 Å². The number of nitrogens with one attached hydrogen (secondary N) is 1. The molecule has 0 spiro atoms. The van der Waals surface area contributed by atoms with Crippen molar-refractivity contribution in [2.45, 2.75) is 44.7 Å². The number of hydrogen-bond donors (Lipinski definition) is 1. The quantitative estimate of drug-likeness (QED) is 0.447. The highest BCUT2D eigenvalue weighted by molar-refractivity contribution is 5.85. The Morgan fingerprint density at radius 3 is 2.63 bits per heavy atom. The SMILES string of the molecule is c1cncc(CNc2nc(-c3ccc(N4CCOCC4)nc3)nc3c2ncn3C2CCCCC2)c1. The van der Waals surface area contributed by atoms with E-state index in [0.29, 0.717) is 18.4 Å². The predicted molar refractivity (Wildman–Crippen MR) is 135 cm³/mol. The van der Waals surface area contributed by atoms with Gasteiger partial charge in [-0.05, 0) is 36.6 Å². The number of imidazole rings is 1. The van der Waals surface area contributed by atoms with E-state index in [9.17, 15) is 0 Å². The number of pyridine rings is 2. The summed E-state index contributed by atoms with van der Waals surface area (Å²) in [5.74, 6) is 2.35. The van der Waals surface area contributed by atoms with Crippen molar-refractivity contribution < 1.29 is 4.74 Å². The van der Waals surface area contributed by atoms with Gasteiger partial charge in [-0.1, -0.05) is 25.3 Å². The van der Waals surface area contributed by atoms with Crippen LogP contribution in [0.5, 0.6) is 0 Å². The molecule has 2 fully saturated rings. The summed E-state index contributed by atoms with van der Waals surface area (Å²) >= 11 is 0. The van der Waals surface area contributed by atoms with Crippen LogP contribution < -0.4 is 10.2 Å². The molecule has 0 amide bonds. The molecule has 0 radical (unpaired) electrons. The van der Waals surface area contributed by atoms with Gasteiger partial charge in [-0.3, -0.25) is 4.98 Å². The zero-order chi connectivity index (χ0) is 23.5. The molecule has 6 rings (SSSR count). The highest BCUT2D eigenvalue weighted by atomic mass is 16.5. The number of fused-ring (bicyclic) bond motifs is 1. The van der Waals surface area contributed by atoms with Gasteiger partial charge in [0.15, 0.2) is 17.3 Å². The monoisotopic (exact) mass is 470 g/mol. The zero-order valence-electron chi connectivity index (χ0n) is 19.8. The number of morpholine rings is 1. The van der Waals surface area contributed by atoms with E-state index in [2.05, 4.69) is 31.9 Å². The van der Waals surface area contributed by atoms with Gasteiger partial charge in [-0.2, -0.15) is 0 Å². The number of rotatable bonds is 6. The van der Waals surface area contributed by atoms with Gasteiger partial charge in [0.05, 0.1) is 19.5 Å². The van der Waals surface area contributed by atoms with Crippen LogP contribution >= 0.6 is 0 Å². The average molecular weight is 471 g/mol. The summed E-state index contributed by atoms with van der Waals surface area (Å²) in [6.45, 7) is 3.81. The summed E-state index contributed by atoms with van der Waals surface area (Å²) in [6.07, 6.45) is 13.6. The maximum Gasteiger partial charge on any atom is 0.166 e. The Morgan fingerprint density at radius 1 is 0.971 bits per heavy atom. The first kappa shape index (κ1) is 21.9. The molecule has 0 bridgehead atoms. The Hall–Kier alpha value is -3.59. The second-order valence-electron chi connectivity index (χ2n) is 9.23. The molecular formula is C26H30N8O. The van der Waals surface area contributed by atoms with Crippen LogP contribution in [-0.4, -0.2) is 55.8 Å². The molecule has 2 aliphatic rings. The Morgan fingerprint density at radius 2 is 1.86 bits per heavy atom. The smallest absolute Gasteiger partial charge is 0.166 e. The van der Waals surface area contributed by atoms with E-state index in [1.54, 1.807) is 6.20 Å². The number of nitrogens with zero attached hydrogens (tertiary/aromatic N) is 7. The van der Waals surface area contributed by atoms with Gasteiger partial charge in [-0.25, -0.2) is 19.9 Å². The normalized spacial score (nSPS) is 17.1. The summed E-state index contributed by atoms with van der Waals surface area (Å²) in [6, 6.07) is 8.54. The Kier molecular flexibility index (Phi) is 6.23. The molecule has 1 saturated carbocycles. The highest BCUT2D eigenvalue weighted by Gasteiger charge is 2.21. The molecule has 5 heterocycles. The maximum absolute atomic E-state index is 5.47. The first-order valence-corrected chi connectivity index (χ1v) is 12.5. The summed E-state index contributed by atoms with van der Waals surface area (Å²) in [4.78, 5) is 25.8. The fraction of sp³-hybridized carbons (Fsp3) is 0.423. The fourth-order valence-corrected chi connectivity index (χ4v) is 4.98. The van der Waals surface area contributed by atoms with Crippen LogP contribution in [0.25, 0.3) is 22.6 Å². The van der Waals surface area contributed by atoms with E-state index in [4.69, 9.17) is 24.7 Å².